The molecular weight excluding hydrogens is 206 g/mol. The molecule has 2 nitrogen and oxygen atoms in total. The SMILES string of the molecule is CCNC(CCc1ccsc1)COCC. The molecule has 0 aliphatic heterocycles. The first-order valence-corrected chi connectivity index (χ1v) is 6.63. The van der Waals surface area contributed by atoms with Crippen LogP contribution in [0.15, 0.2) is 16.8 Å². The highest BCUT2D eigenvalue weighted by molar-refractivity contribution is 7.07. The highest BCUT2D eigenvalue weighted by Gasteiger charge is 2.07. The van der Waals surface area contributed by atoms with Crippen LogP contribution in [-0.4, -0.2) is 25.8 Å². The van der Waals surface area contributed by atoms with E-state index in [2.05, 4.69) is 29.1 Å². The molecule has 1 unspecified atom stereocenters. The van der Waals surface area contributed by atoms with Crippen molar-refractivity contribution in [3.05, 3.63) is 22.4 Å². The number of aryl methyl sites for hydroxylation is 1. The molecule has 1 aromatic heterocycles. The largest absolute Gasteiger partial charge is 0.380 e. The molecular formula is C12H21NOS. The van der Waals surface area contributed by atoms with Crippen molar-refractivity contribution in [3.8, 4) is 0 Å². The van der Waals surface area contributed by atoms with Gasteiger partial charge in [-0.05, 0) is 48.7 Å². The Morgan fingerprint density at radius 3 is 2.93 bits per heavy atom. The van der Waals surface area contributed by atoms with Gasteiger partial charge in [0, 0.05) is 12.6 Å². The van der Waals surface area contributed by atoms with Crippen LogP contribution in [0.3, 0.4) is 0 Å². The standard InChI is InChI=1S/C12H21NOS/c1-3-13-12(9-14-4-2)6-5-11-7-8-15-10-11/h7-8,10,12-13H,3-6,9H2,1-2H3. The van der Waals surface area contributed by atoms with Crippen LogP contribution >= 0.6 is 11.3 Å². The van der Waals surface area contributed by atoms with Crippen molar-refractivity contribution in [1.82, 2.24) is 5.32 Å². The Kier molecular flexibility index (Phi) is 6.64. The van der Waals surface area contributed by atoms with E-state index in [-0.39, 0.29) is 0 Å². The lowest BCUT2D eigenvalue weighted by Crippen LogP contribution is -2.33. The van der Waals surface area contributed by atoms with Gasteiger partial charge in [0.25, 0.3) is 0 Å². The molecule has 1 heterocycles. The van der Waals surface area contributed by atoms with Crippen LogP contribution in [-0.2, 0) is 11.2 Å². The third-order valence-corrected chi connectivity index (χ3v) is 3.11. The Labute approximate surface area is 96.7 Å². The number of rotatable bonds is 8. The Balaban J connectivity index is 2.24. The van der Waals surface area contributed by atoms with Crippen molar-refractivity contribution >= 4 is 11.3 Å². The summed E-state index contributed by atoms with van der Waals surface area (Å²) in [4.78, 5) is 0. The molecule has 1 N–H and O–H groups in total. The third-order valence-electron chi connectivity index (χ3n) is 2.38. The van der Waals surface area contributed by atoms with Crippen LogP contribution in [0.4, 0.5) is 0 Å². The molecule has 1 rings (SSSR count). The van der Waals surface area contributed by atoms with E-state index < -0.39 is 0 Å². The molecule has 0 saturated heterocycles. The minimum absolute atomic E-state index is 0.495. The van der Waals surface area contributed by atoms with Gasteiger partial charge < -0.3 is 10.1 Å². The molecule has 0 radical (unpaired) electrons. The molecule has 0 amide bonds. The number of likely N-dealkylation sites (N-methyl/N-ethyl adjacent to an activating group) is 1. The molecule has 3 heteroatoms. The second kappa shape index (κ2) is 7.85. The zero-order valence-electron chi connectivity index (χ0n) is 9.66. The van der Waals surface area contributed by atoms with Gasteiger partial charge in [-0.25, -0.2) is 0 Å². The topological polar surface area (TPSA) is 21.3 Å². The first kappa shape index (κ1) is 12.7. The average molecular weight is 227 g/mol. The number of nitrogens with one attached hydrogen (secondary N) is 1. The van der Waals surface area contributed by atoms with Gasteiger partial charge in [-0.1, -0.05) is 6.92 Å². The smallest absolute Gasteiger partial charge is 0.0619 e. The fourth-order valence-electron chi connectivity index (χ4n) is 1.57. The molecule has 0 bridgehead atoms. The van der Waals surface area contributed by atoms with Crippen molar-refractivity contribution in [3.63, 3.8) is 0 Å². The minimum atomic E-state index is 0.495. The van der Waals surface area contributed by atoms with Crippen LogP contribution < -0.4 is 5.32 Å². The summed E-state index contributed by atoms with van der Waals surface area (Å²) in [7, 11) is 0. The third kappa shape index (κ3) is 5.30. The molecule has 0 spiro atoms. The van der Waals surface area contributed by atoms with Crippen LogP contribution in [0.5, 0.6) is 0 Å². The van der Waals surface area contributed by atoms with Crippen molar-refractivity contribution < 1.29 is 4.74 Å². The van der Waals surface area contributed by atoms with Crippen LogP contribution in [0, 0.1) is 0 Å². The first-order chi connectivity index (χ1) is 7.36. The molecule has 1 aromatic rings. The maximum atomic E-state index is 5.46. The highest BCUT2D eigenvalue weighted by atomic mass is 32.1. The summed E-state index contributed by atoms with van der Waals surface area (Å²) in [6, 6.07) is 2.70. The lowest BCUT2D eigenvalue weighted by Gasteiger charge is -2.17. The first-order valence-electron chi connectivity index (χ1n) is 5.69. The number of hydrogen-bond donors (Lipinski definition) is 1. The molecule has 0 aliphatic carbocycles. The van der Waals surface area contributed by atoms with Crippen molar-refractivity contribution in [2.24, 2.45) is 0 Å². The van der Waals surface area contributed by atoms with Gasteiger partial charge >= 0.3 is 0 Å². The fraction of sp³-hybridized carbons (Fsp3) is 0.667. The van der Waals surface area contributed by atoms with Gasteiger partial charge in [-0.3, -0.25) is 0 Å². The molecule has 0 saturated carbocycles. The zero-order chi connectivity index (χ0) is 10.9. The Bertz CT molecular complexity index is 236. The van der Waals surface area contributed by atoms with Gasteiger partial charge in [0.15, 0.2) is 0 Å². The van der Waals surface area contributed by atoms with E-state index in [1.165, 1.54) is 5.56 Å². The van der Waals surface area contributed by atoms with Crippen molar-refractivity contribution in [2.75, 3.05) is 19.8 Å². The molecule has 0 aliphatic rings. The van der Waals surface area contributed by atoms with E-state index in [1.807, 2.05) is 6.92 Å². The van der Waals surface area contributed by atoms with Crippen LogP contribution in [0.25, 0.3) is 0 Å². The monoisotopic (exact) mass is 227 g/mol. The summed E-state index contributed by atoms with van der Waals surface area (Å²) in [5.74, 6) is 0. The van der Waals surface area contributed by atoms with Gasteiger partial charge in [-0.2, -0.15) is 11.3 Å². The highest BCUT2D eigenvalue weighted by Crippen LogP contribution is 2.10. The summed E-state index contributed by atoms with van der Waals surface area (Å²) < 4.78 is 5.46. The summed E-state index contributed by atoms with van der Waals surface area (Å²) >= 11 is 1.77. The summed E-state index contributed by atoms with van der Waals surface area (Å²) in [5, 5.41) is 7.82. The number of hydrogen-bond acceptors (Lipinski definition) is 3. The van der Waals surface area contributed by atoms with Gasteiger partial charge in [-0.15, -0.1) is 0 Å². The Morgan fingerprint density at radius 2 is 2.33 bits per heavy atom. The van der Waals surface area contributed by atoms with Crippen molar-refractivity contribution in [1.29, 1.82) is 0 Å². The normalized spacial score (nSPS) is 12.9. The summed E-state index contributed by atoms with van der Waals surface area (Å²) in [5.41, 5.74) is 1.44. The molecule has 0 fully saturated rings. The Hall–Kier alpha value is -0.380. The molecule has 86 valence electrons. The average Bonchev–Trinajstić information content (AvgIpc) is 2.75. The molecule has 15 heavy (non-hydrogen) atoms. The van der Waals surface area contributed by atoms with E-state index in [0.717, 1.165) is 32.6 Å². The van der Waals surface area contributed by atoms with Gasteiger partial charge in [0.05, 0.1) is 6.61 Å². The lowest BCUT2D eigenvalue weighted by atomic mass is 10.1. The van der Waals surface area contributed by atoms with E-state index in [1.54, 1.807) is 11.3 Å². The predicted molar refractivity (Wildman–Crippen MR) is 66.6 cm³/mol. The van der Waals surface area contributed by atoms with E-state index in [4.69, 9.17) is 4.74 Å². The maximum absolute atomic E-state index is 5.46. The summed E-state index contributed by atoms with van der Waals surface area (Å²) in [6.45, 7) is 6.83. The Morgan fingerprint density at radius 1 is 1.47 bits per heavy atom. The quantitative estimate of drug-likeness (QED) is 0.737. The van der Waals surface area contributed by atoms with Crippen molar-refractivity contribution in [2.45, 2.75) is 32.7 Å². The van der Waals surface area contributed by atoms with E-state index in [9.17, 15) is 0 Å². The second-order valence-corrected chi connectivity index (χ2v) is 4.36. The molecule has 0 aromatic carbocycles. The van der Waals surface area contributed by atoms with E-state index in [0.29, 0.717) is 6.04 Å². The summed E-state index contributed by atoms with van der Waals surface area (Å²) in [6.07, 6.45) is 2.30. The lowest BCUT2D eigenvalue weighted by molar-refractivity contribution is 0.120. The van der Waals surface area contributed by atoms with Gasteiger partial charge in [0.2, 0.25) is 0 Å². The molecule has 1 atom stereocenters. The predicted octanol–water partition coefficient (Wildman–Crippen LogP) is 2.70. The fourth-order valence-corrected chi connectivity index (χ4v) is 2.27. The van der Waals surface area contributed by atoms with Crippen LogP contribution in [0.2, 0.25) is 0 Å². The van der Waals surface area contributed by atoms with Gasteiger partial charge in [0.1, 0.15) is 0 Å². The zero-order valence-corrected chi connectivity index (χ0v) is 10.5. The minimum Gasteiger partial charge on any atom is -0.380 e. The second-order valence-electron chi connectivity index (χ2n) is 3.58. The van der Waals surface area contributed by atoms with Crippen LogP contribution in [0.1, 0.15) is 25.8 Å². The number of ether oxygens (including phenoxy) is 1. The maximum Gasteiger partial charge on any atom is 0.0619 e. The van der Waals surface area contributed by atoms with E-state index >= 15 is 0 Å². The number of thiophene rings is 1.